The number of Topliss-reactive ketones (excluding diaryl/α,β-unsaturated/α-hetero) is 2. The number of phenols is 2. The molecule has 0 saturated carbocycles. The van der Waals surface area contributed by atoms with E-state index in [1.807, 2.05) is 0 Å². The van der Waals surface area contributed by atoms with Crippen molar-refractivity contribution in [3.8, 4) is 11.5 Å². The maximum Gasteiger partial charge on any atom is 0.236 e. The fraction of sp³-hybridized carbons (Fsp3) is 0.300. The summed E-state index contributed by atoms with van der Waals surface area (Å²) in [5, 5.41) is 21.0. The van der Waals surface area contributed by atoms with Crippen molar-refractivity contribution in [1.29, 1.82) is 0 Å². The van der Waals surface area contributed by atoms with E-state index >= 15 is 0 Å². The van der Waals surface area contributed by atoms with Crippen molar-refractivity contribution in [2.24, 2.45) is 11.8 Å². The maximum absolute atomic E-state index is 14.8. The van der Waals surface area contributed by atoms with Gasteiger partial charge in [0, 0.05) is 44.9 Å². The second kappa shape index (κ2) is 11.1. The standard InChI is InChI=1S/C30H31FN2O5/c1-18-19(11-8-12-24(18)31)28-22(29(37)20-9-4-6-13-25(20)34)15-33(17-27(36)32(2)3)16-23(28)30(38)21-10-5-7-14-26(21)35/h4-14,22-23,28,34-35H,15-17H2,1-3H3/t22-,23-/m0/s1. The Morgan fingerprint density at radius 2 is 1.34 bits per heavy atom. The number of phenolic OH excluding ortho intramolecular Hbond substituents is 2. The number of amides is 1. The number of likely N-dealkylation sites (tertiary alicyclic amines) is 1. The number of para-hydroxylation sites is 2. The molecule has 0 radical (unpaired) electrons. The van der Waals surface area contributed by atoms with Gasteiger partial charge in [0.2, 0.25) is 5.91 Å². The van der Waals surface area contributed by atoms with Gasteiger partial charge in [-0.1, -0.05) is 36.4 Å². The molecule has 0 aliphatic carbocycles. The molecule has 7 nitrogen and oxygen atoms in total. The Labute approximate surface area is 221 Å². The number of hydrogen-bond donors (Lipinski definition) is 2. The Kier molecular flexibility index (Phi) is 7.92. The molecule has 3 aromatic rings. The zero-order chi connectivity index (χ0) is 27.6. The highest BCUT2D eigenvalue weighted by Crippen LogP contribution is 2.43. The van der Waals surface area contributed by atoms with E-state index in [0.29, 0.717) is 11.1 Å². The van der Waals surface area contributed by atoms with Gasteiger partial charge in [0.25, 0.3) is 0 Å². The summed E-state index contributed by atoms with van der Waals surface area (Å²) in [6.07, 6.45) is 0. The molecule has 1 saturated heterocycles. The molecule has 3 aromatic carbocycles. The smallest absolute Gasteiger partial charge is 0.236 e. The molecule has 38 heavy (non-hydrogen) atoms. The van der Waals surface area contributed by atoms with Gasteiger partial charge in [-0.15, -0.1) is 0 Å². The zero-order valence-corrected chi connectivity index (χ0v) is 21.6. The third-order valence-electron chi connectivity index (χ3n) is 7.32. The van der Waals surface area contributed by atoms with Crippen LogP contribution in [0.15, 0.2) is 66.7 Å². The monoisotopic (exact) mass is 518 g/mol. The van der Waals surface area contributed by atoms with Gasteiger partial charge in [-0.05, 0) is 48.4 Å². The molecule has 1 fully saturated rings. The van der Waals surface area contributed by atoms with Gasteiger partial charge in [0.05, 0.1) is 17.7 Å². The van der Waals surface area contributed by atoms with E-state index in [2.05, 4.69) is 0 Å². The van der Waals surface area contributed by atoms with Crippen LogP contribution in [0.3, 0.4) is 0 Å². The highest BCUT2D eigenvalue weighted by atomic mass is 19.1. The minimum absolute atomic E-state index is 0.0308. The number of benzene rings is 3. The van der Waals surface area contributed by atoms with E-state index in [1.165, 1.54) is 35.2 Å². The van der Waals surface area contributed by atoms with Crippen molar-refractivity contribution in [3.63, 3.8) is 0 Å². The number of piperidine rings is 1. The number of carbonyl (C=O) groups excluding carboxylic acids is 3. The lowest BCUT2D eigenvalue weighted by atomic mass is 9.67. The van der Waals surface area contributed by atoms with Gasteiger partial charge in [0.15, 0.2) is 11.6 Å². The van der Waals surface area contributed by atoms with Crippen LogP contribution < -0.4 is 0 Å². The first-order valence-corrected chi connectivity index (χ1v) is 12.4. The fourth-order valence-electron chi connectivity index (χ4n) is 5.27. The minimum atomic E-state index is -0.882. The van der Waals surface area contributed by atoms with Crippen LogP contribution in [0.2, 0.25) is 0 Å². The molecule has 1 aliphatic heterocycles. The highest BCUT2D eigenvalue weighted by Gasteiger charge is 2.46. The first-order valence-electron chi connectivity index (χ1n) is 12.4. The normalized spacial score (nSPS) is 18.2. The summed E-state index contributed by atoms with van der Waals surface area (Å²) in [7, 11) is 3.25. The van der Waals surface area contributed by atoms with E-state index in [1.54, 1.807) is 62.3 Å². The molecule has 0 bridgehead atoms. The Bertz CT molecular complexity index is 1300. The number of carbonyl (C=O) groups is 3. The number of ketones is 2. The first kappa shape index (κ1) is 27.0. The van der Waals surface area contributed by atoms with Crippen LogP contribution in [0.4, 0.5) is 4.39 Å². The summed E-state index contributed by atoms with van der Waals surface area (Å²) in [4.78, 5) is 43.8. The predicted molar refractivity (Wildman–Crippen MR) is 141 cm³/mol. The third-order valence-corrected chi connectivity index (χ3v) is 7.32. The average molecular weight is 519 g/mol. The Hall–Kier alpha value is -4.04. The molecular formula is C30H31FN2O5. The second-order valence-corrected chi connectivity index (χ2v) is 9.94. The van der Waals surface area contributed by atoms with Crippen LogP contribution in [0, 0.1) is 24.6 Å². The van der Waals surface area contributed by atoms with Crippen LogP contribution in [-0.2, 0) is 4.79 Å². The largest absolute Gasteiger partial charge is 0.507 e. The van der Waals surface area contributed by atoms with Crippen LogP contribution in [0.5, 0.6) is 11.5 Å². The summed E-state index contributed by atoms with van der Waals surface area (Å²) >= 11 is 0. The van der Waals surface area contributed by atoms with E-state index < -0.39 is 35.1 Å². The first-order chi connectivity index (χ1) is 18.1. The number of hydrogen-bond acceptors (Lipinski definition) is 6. The van der Waals surface area contributed by atoms with Crippen molar-refractivity contribution in [2.45, 2.75) is 12.8 Å². The van der Waals surface area contributed by atoms with Gasteiger partial charge in [-0.2, -0.15) is 0 Å². The van der Waals surface area contributed by atoms with Crippen LogP contribution in [-0.4, -0.2) is 71.2 Å². The molecule has 2 N–H and O–H groups in total. The Morgan fingerprint density at radius 1 is 0.842 bits per heavy atom. The van der Waals surface area contributed by atoms with Crippen molar-refractivity contribution < 1.29 is 29.0 Å². The van der Waals surface area contributed by atoms with Crippen molar-refractivity contribution >= 4 is 17.5 Å². The van der Waals surface area contributed by atoms with Gasteiger partial charge in [-0.3, -0.25) is 19.3 Å². The molecule has 1 amide bonds. The van der Waals surface area contributed by atoms with E-state index in [-0.39, 0.29) is 48.2 Å². The summed E-state index contributed by atoms with van der Waals surface area (Å²) < 4.78 is 14.8. The summed E-state index contributed by atoms with van der Waals surface area (Å²) in [6, 6.07) is 16.9. The molecule has 0 aromatic heterocycles. The summed E-state index contributed by atoms with van der Waals surface area (Å²) in [6.45, 7) is 1.82. The molecule has 2 atom stereocenters. The van der Waals surface area contributed by atoms with Gasteiger partial charge >= 0.3 is 0 Å². The zero-order valence-electron chi connectivity index (χ0n) is 21.6. The molecular weight excluding hydrogens is 487 g/mol. The van der Waals surface area contributed by atoms with Gasteiger partial charge in [-0.25, -0.2) is 4.39 Å². The van der Waals surface area contributed by atoms with E-state index in [0.717, 1.165) is 0 Å². The predicted octanol–water partition coefficient (Wildman–Crippen LogP) is 4.03. The van der Waals surface area contributed by atoms with Crippen LogP contribution in [0.25, 0.3) is 0 Å². The number of likely N-dealkylation sites (N-methyl/N-ethyl adjacent to an activating group) is 1. The van der Waals surface area contributed by atoms with Crippen molar-refractivity contribution in [1.82, 2.24) is 9.80 Å². The number of halogens is 1. The molecule has 1 aliphatic rings. The lowest BCUT2D eigenvalue weighted by Crippen LogP contribution is -2.52. The fourth-order valence-corrected chi connectivity index (χ4v) is 5.27. The molecule has 1 heterocycles. The number of nitrogens with zero attached hydrogens (tertiary/aromatic N) is 2. The average Bonchev–Trinajstić information content (AvgIpc) is 2.89. The summed E-state index contributed by atoms with van der Waals surface area (Å²) in [5.41, 5.74) is 1.00. The molecule has 8 heteroatoms. The topological polar surface area (TPSA) is 98.2 Å². The molecule has 4 rings (SSSR count). The molecule has 0 spiro atoms. The van der Waals surface area contributed by atoms with E-state index in [9.17, 15) is 29.0 Å². The van der Waals surface area contributed by atoms with Crippen LogP contribution >= 0.6 is 0 Å². The Balaban J connectivity index is 1.89. The lowest BCUT2D eigenvalue weighted by molar-refractivity contribution is -0.130. The number of rotatable bonds is 7. The maximum atomic E-state index is 14.8. The second-order valence-electron chi connectivity index (χ2n) is 9.94. The quantitative estimate of drug-likeness (QED) is 0.459. The number of aromatic hydroxyl groups is 2. The Morgan fingerprint density at radius 3 is 1.82 bits per heavy atom. The van der Waals surface area contributed by atoms with Gasteiger partial charge in [0.1, 0.15) is 17.3 Å². The highest BCUT2D eigenvalue weighted by molar-refractivity contribution is 6.04. The van der Waals surface area contributed by atoms with Gasteiger partial charge < -0.3 is 15.1 Å². The summed E-state index contributed by atoms with van der Waals surface area (Å²) in [5.74, 6) is -4.41. The minimum Gasteiger partial charge on any atom is -0.507 e. The van der Waals surface area contributed by atoms with E-state index in [4.69, 9.17) is 0 Å². The molecule has 198 valence electrons. The SMILES string of the molecule is Cc1c(F)cccc1C1[C@@H](C(=O)c2ccccc2O)CN(CC(=O)N(C)C)C[C@@H]1C(=O)c1ccccc1O. The molecule has 0 unspecified atom stereocenters. The van der Waals surface area contributed by atoms with Crippen LogP contribution in [0.1, 0.15) is 37.8 Å². The third kappa shape index (κ3) is 5.31. The van der Waals surface area contributed by atoms with Crippen molar-refractivity contribution in [3.05, 3.63) is 94.8 Å². The van der Waals surface area contributed by atoms with Crippen molar-refractivity contribution in [2.75, 3.05) is 33.7 Å². The lowest BCUT2D eigenvalue weighted by Gasteiger charge is -2.43.